The number of aromatic nitrogens is 2. The summed E-state index contributed by atoms with van der Waals surface area (Å²) in [5, 5.41) is 6.65. The number of nitrogens with zero attached hydrogens (tertiary/aromatic N) is 4. The highest BCUT2D eigenvalue weighted by molar-refractivity contribution is 7.90. The van der Waals surface area contributed by atoms with Crippen LogP contribution in [0.25, 0.3) is 0 Å². The Morgan fingerprint density at radius 1 is 1.00 bits per heavy atom. The molecule has 7 rings (SSSR count). The van der Waals surface area contributed by atoms with Gasteiger partial charge in [-0.25, -0.2) is 18.4 Å². The van der Waals surface area contributed by atoms with Gasteiger partial charge in [0.05, 0.1) is 36.5 Å². The molecular formula is C37H57N7O3S. The van der Waals surface area contributed by atoms with E-state index in [0.29, 0.717) is 37.8 Å². The van der Waals surface area contributed by atoms with Crippen molar-refractivity contribution in [1.29, 1.82) is 0 Å². The van der Waals surface area contributed by atoms with Gasteiger partial charge in [-0.15, -0.1) is 0 Å². The van der Waals surface area contributed by atoms with Crippen LogP contribution in [0.5, 0.6) is 0 Å². The van der Waals surface area contributed by atoms with Gasteiger partial charge in [0.15, 0.2) is 0 Å². The number of aryl methyl sites for hydroxylation is 2. The number of nitrogens with one attached hydrogen (secondary N) is 3. The van der Waals surface area contributed by atoms with Crippen molar-refractivity contribution in [3.05, 3.63) is 53.1 Å². The van der Waals surface area contributed by atoms with Crippen molar-refractivity contribution in [2.45, 2.75) is 129 Å². The van der Waals surface area contributed by atoms with Crippen molar-refractivity contribution in [3.63, 3.8) is 0 Å². The van der Waals surface area contributed by atoms with Crippen molar-refractivity contribution in [1.82, 2.24) is 30.2 Å². The Labute approximate surface area is 288 Å². The maximum Gasteiger partial charge on any atom is 0.216 e. The summed E-state index contributed by atoms with van der Waals surface area (Å²) in [6.07, 6.45) is 12.1. The molecule has 0 radical (unpaired) electrons. The smallest absolute Gasteiger partial charge is 0.216 e. The first-order valence-electron chi connectivity index (χ1n) is 18.4. The first-order chi connectivity index (χ1) is 22.8. The second kappa shape index (κ2) is 13.5. The molecule has 2 saturated carbocycles. The number of benzene rings is 1. The maximum atomic E-state index is 13.9. The van der Waals surface area contributed by atoms with Crippen LogP contribution in [0, 0.1) is 30.6 Å². The van der Waals surface area contributed by atoms with Crippen LogP contribution in [0.4, 0.5) is 5.69 Å². The summed E-state index contributed by atoms with van der Waals surface area (Å²) < 4.78 is 37.7. The molecule has 5 unspecified atom stereocenters. The molecule has 4 heterocycles. The number of anilines is 1. The zero-order chi connectivity index (χ0) is 33.7. The van der Waals surface area contributed by atoms with Crippen LogP contribution in [0.3, 0.4) is 0 Å². The lowest BCUT2D eigenvalue weighted by Gasteiger charge is -2.56. The van der Waals surface area contributed by atoms with Gasteiger partial charge >= 0.3 is 0 Å². The molecule has 4 bridgehead atoms. The third kappa shape index (κ3) is 7.61. The zero-order valence-corrected chi connectivity index (χ0v) is 30.5. The third-order valence-corrected chi connectivity index (χ3v) is 13.6. The van der Waals surface area contributed by atoms with E-state index in [2.05, 4.69) is 78.0 Å². The monoisotopic (exact) mass is 679 g/mol. The molecule has 1 spiro atoms. The fraction of sp³-hybridized carbons (Fsp3) is 0.730. The van der Waals surface area contributed by atoms with Crippen LogP contribution in [0.15, 0.2) is 30.6 Å². The van der Waals surface area contributed by atoms with Gasteiger partial charge in [0.1, 0.15) is 18.3 Å². The van der Waals surface area contributed by atoms with E-state index in [9.17, 15) is 8.42 Å². The molecule has 10 nitrogen and oxygen atoms in total. The van der Waals surface area contributed by atoms with E-state index < -0.39 is 21.6 Å². The number of fused-ring (bicyclic) bond motifs is 4. The first kappa shape index (κ1) is 34.3. The molecule has 3 N–H and O–H groups in total. The van der Waals surface area contributed by atoms with E-state index in [0.717, 1.165) is 50.4 Å². The number of hydrogen-bond donors (Lipinski definition) is 3. The largest absolute Gasteiger partial charge is 0.368 e. The quantitative estimate of drug-likeness (QED) is 0.396. The molecule has 3 saturated heterocycles. The average molecular weight is 680 g/mol. The maximum absolute atomic E-state index is 13.9. The minimum Gasteiger partial charge on any atom is -0.368 e. The van der Waals surface area contributed by atoms with Crippen molar-refractivity contribution < 1.29 is 13.2 Å². The van der Waals surface area contributed by atoms with Gasteiger partial charge in [-0.1, -0.05) is 51.8 Å². The average Bonchev–Trinajstić information content (AvgIpc) is 2.97. The summed E-state index contributed by atoms with van der Waals surface area (Å²) in [5.41, 5.74) is 5.36. The van der Waals surface area contributed by atoms with Crippen molar-refractivity contribution in [2.75, 3.05) is 31.1 Å². The van der Waals surface area contributed by atoms with E-state index in [-0.39, 0.29) is 29.6 Å². The molecule has 264 valence electrons. The summed E-state index contributed by atoms with van der Waals surface area (Å²) in [5.74, 6) is 1.09. The summed E-state index contributed by atoms with van der Waals surface area (Å²) in [4.78, 5) is 14.7. The predicted molar refractivity (Wildman–Crippen MR) is 190 cm³/mol. The highest BCUT2D eigenvalue weighted by Gasteiger charge is 2.47. The van der Waals surface area contributed by atoms with Crippen LogP contribution < -0.4 is 20.3 Å². The van der Waals surface area contributed by atoms with Gasteiger partial charge in [0.2, 0.25) is 10.0 Å². The molecule has 5 aliphatic rings. The fourth-order valence-corrected chi connectivity index (χ4v) is 10.8. The Hall–Kier alpha value is -2.15. The highest BCUT2D eigenvalue weighted by atomic mass is 32.2. The van der Waals surface area contributed by atoms with E-state index in [1.807, 2.05) is 12.4 Å². The van der Waals surface area contributed by atoms with Crippen molar-refractivity contribution in [3.8, 4) is 0 Å². The van der Waals surface area contributed by atoms with Crippen molar-refractivity contribution >= 4 is 15.7 Å². The molecule has 2 aliphatic carbocycles. The third-order valence-electron chi connectivity index (χ3n) is 11.7. The zero-order valence-electron chi connectivity index (χ0n) is 29.7. The second-order valence-electron chi connectivity index (χ2n) is 16.9. The minimum absolute atomic E-state index is 0.0518. The van der Waals surface area contributed by atoms with Crippen LogP contribution in [0.2, 0.25) is 0 Å². The van der Waals surface area contributed by atoms with Crippen LogP contribution >= 0.6 is 0 Å². The lowest BCUT2D eigenvalue weighted by Crippen LogP contribution is -2.64. The van der Waals surface area contributed by atoms with Crippen LogP contribution in [-0.4, -0.2) is 73.3 Å². The van der Waals surface area contributed by atoms with Crippen LogP contribution in [0.1, 0.15) is 107 Å². The molecule has 48 heavy (non-hydrogen) atoms. The molecule has 3 aliphatic heterocycles. The number of rotatable bonds is 5. The van der Waals surface area contributed by atoms with E-state index in [1.165, 1.54) is 36.0 Å². The molecule has 2 aromatic rings. The molecular weight excluding hydrogens is 623 g/mol. The van der Waals surface area contributed by atoms with Gasteiger partial charge in [0.25, 0.3) is 0 Å². The number of hydrogen-bond acceptors (Lipinski definition) is 9. The van der Waals surface area contributed by atoms with E-state index >= 15 is 0 Å². The van der Waals surface area contributed by atoms with Gasteiger partial charge in [-0.3, -0.25) is 15.5 Å². The van der Waals surface area contributed by atoms with Gasteiger partial charge in [-0.05, 0) is 80.4 Å². The Kier molecular flexibility index (Phi) is 9.67. The van der Waals surface area contributed by atoms with Crippen molar-refractivity contribution in [2.24, 2.45) is 16.7 Å². The summed E-state index contributed by atoms with van der Waals surface area (Å²) in [7, 11) is -3.58. The van der Waals surface area contributed by atoms with Gasteiger partial charge < -0.3 is 9.64 Å². The lowest BCUT2D eigenvalue weighted by atomic mass is 9.63. The standard InChI is InChI=1S/C37H57N7O3S/c1-25-9-6-10-26(2)34(25)31-16-33-41-35(40-31)42-48(45,46)30-12-7-11-27(15-30)20-43(28(22-47-33)17-36(3,4)5)21-32-38-18-29(19-39-32)44-23-37(24-44)13-8-14-37/h6,9-10,18-19,27-28,30-31,33,35,40-42H,7-8,11-17,20-24H2,1-5H3/t27?,28-,30?,31?,33?,35?/m1/s1. The number of sulfonamides is 1. The Balaban J connectivity index is 1.16. The normalized spacial score (nSPS) is 32.3. The Morgan fingerprint density at radius 3 is 2.40 bits per heavy atom. The second-order valence-corrected chi connectivity index (χ2v) is 18.9. The summed E-state index contributed by atoms with van der Waals surface area (Å²) in [6, 6.07) is 6.42. The molecule has 1 aromatic carbocycles. The Morgan fingerprint density at radius 2 is 1.73 bits per heavy atom. The summed E-state index contributed by atoms with van der Waals surface area (Å²) in [6.45, 7) is 15.4. The number of ether oxygens (including phenoxy) is 1. The van der Waals surface area contributed by atoms with E-state index in [4.69, 9.17) is 14.7 Å². The van der Waals surface area contributed by atoms with Gasteiger partial charge in [0, 0.05) is 43.6 Å². The Bertz CT molecular complexity index is 1510. The van der Waals surface area contributed by atoms with Gasteiger partial charge in [-0.2, -0.15) is 4.72 Å². The minimum atomic E-state index is -3.58. The first-order valence-corrected chi connectivity index (χ1v) is 19.9. The van der Waals surface area contributed by atoms with Crippen LogP contribution in [-0.2, 0) is 21.3 Å². The molecule has 11 heteroatoms. The summed E-state index contributed by atoms with van der Waals surface area (Å²) >= 11 is 0. The SMILES string of the molecule is Cc1cccc(C)c1C1CC2NC(N1)NS(=O)(=O)C1CCCC(C1)CN(Cc1ncc(N3CC4(CCC4)C3)cn1)[C@H](CC(C)(C)C)CO2. The fourth-order valence-electron chi connectivity index (χ4n) is 9.11. The molecule has 0 amide bonds. The molecule has 5 fully saturated rings. The topological polar surface area (TPSA) is 112 Å². The predicted octanol–water partition coefficient (Wildman–Crippen LogP) is 5.13. The lowest BCUT2D eigenvalue weighted by molar-refractivity contribution is -0.0518. The van der Waals surface area contributed by atoms with E-state index in [1.54, 1.807) is 0 Å². The molecule has 6 atom stereocenters. The molecule has 1 aromatic heterocycles. The highest BCUT2D eigenvalue weighted by Crippen LogP contribution is 2.49.